The molecule has 98 valence electrons. The first-order valence-electron chi connectivity index (χ1n) is 5.46. The summed E-state index contributed by atoms with van der Waals surface area (Å²) in [6.07, 6.45) is 0.0332. The number of carbonyl (C=O) groups is 2. The molecular weight excluding hydrogens is 232 g/mol. The van der Waals surface area contributed by atoms with Gasteiger partial charge in [-0.25, -0.2) is 8.78 Å². The summed E-state index contributed by atoms with van der Waals surface area (Å²) in [6.45, 7) is 2.41. The highest BCUT2D eigenvalue weighted by Crippen LogP contribution is 2.30. The standard InChI is InChI=1S/C11H17F2NO3/c1-10(2,9(16)17-3)8(15)14-6-4-5-11(12,13)7-14/h4-7H2,1-3H3. The molecule has 0 aromatic carbocycles. The van der Waals surface area contributed by atoms with Crippen LogP contribution in [0.4, 0.5) is 8.78 Å². The lowest BCUT2D eigenvalue weighted by atomic mass is 9.90. The number of methoxy groups -OCH3 is 1. The van der Waals surface area contributed by atoms with E-state index in [1.165, 1.54) is 21.0 Å². The predicted molar refractivity (Wildman–Crippen MR) is 56.6 cm³/mol. The fourth-order valence-corrected chi connectivity index (χ4v) is 1.88. The number of carbonyl (C=O) groups excluding carboxylic acids is 2. The van der Waals surface area contributed by atoms with Crippen molar-refractivity contribution in [3.8, 4) is 0 Å². The molecule has 0 radical (unpaired) electrons. The first kappa shape index (κ1) is 13.9. The Morgan fingerprint density at radius 3 is 2.41 bits per heavy atom. The van der Waals surface area contributed by atoms with E-state index in [4.69, 9.17) is 0 Å². The zero-order chi connectivity index (χ0) is 13.3. The molecule has 0 N–H and O–H groups in total. The van der Waals surface area contributed by atoms with Crippen molar-refractivity contribution < 1.29 is 23.1 Å². The summed E-state index contributed by atoms with van der Waals surface area (Å²) >= 11 is 0. The number of alkyl halides is 2. The first-order chi connectivity index (χ1) is 7.70. The zero-order valence-electron chi connectivity index (χ0n) is 10.3. The molecule has 1 saturated heterocycles. The van der Waals surface area contributed by atoms with Crippen LogP contribution in [0, 0.1) is 5.41 Å². The number of ether oxygens (including phenoxy) is 1. The Balaban J connectivity index is 2.79. The Morgan fingerprint density at radius 2 is 1.94 bits per heavy atom. The third-order valence-electron chi connectivity index (χ3n) is 2.91. The second kappa shape index (κ2) is 4.58. The molecule has 17 heavy (non-hydrogen) atoms. The number of hydrogen-bond donors (Lipinski definition) is 0. The maximum Gasteiger partial charge on any atom is 0.320 e. The molecule has 0 saturated carbocycles. The molecule has 1 aliphatic rings. The van der Waals surface area contributed by atoms with Crippen LogP contribution in [-0.4, -0.2) is 42.9 Å². The van der Waals surface area contributed by atoms with Crippen molar-refractivity contribution in [2.24, 2.45) is 5.41 Å². The number of hydrogen-bond acceptors (Lipinski definition) is 3. The minimum absolute atomic E-state index is 0.213. The van der Waals surface area contributed by atoms with Crippen LogP contribution in [0.5, 0.6) is 0 Å². The van der Waals surface area contributed by atoms with Gasteiger partial charge >= 0.3 is 5.97 Å². The Bertz CT molecular complexity index is 329. The van der Waals surface area contributed by atoms with Gasteiger partial charge in [-0.3, -0.25) is 9.59 Å². The van der Waals surface area contributed by atoms with E-state index in [0.29, 0.717) is 0 Å². The molecule has 4 nitrogen and oxygen atoms in total. The van der Waals surface area contributed by atoms with Crippen molar-refractivity contribution in [2.75, 3.05) is 20.2 Å². The van der Waals surface area contributed by atoms with Crippen LogP contribution >= 0.6 is 0 Å². The third kappa shape index (κ3) is 2.92. The van der Waals surface area contributed by atoms with Crippen LogP contribution in [-0.2, 0) is 14.3 Å². The molecule has 0 unspecified atom stereocenters. The van der Waals surface area contributed by atoms with Crippen molar-refractivity contribution in [1.29, 1.82) is 0 Å². The fourth-order valence-electron chi connectivity index (χ4n) is 1.88. The second-order valence-electron chi connectivity index (χ2n) is 4.80. The first-order valence-corrected chi connectivity index (χ1v) is 5.46. The number of esters is 1. The van der Waals surface area contributed by atoms with E-state index >= 15 is 0 Å². The maximum absolute atomic E-state index is 13.2. The summed E-state index contributed by atoms with van der Waals surface area (Å²) in [4.78, 5) is 24.5. The van der Waals surface area contributed by atoms with E-state index in [1.807, 2.05) is 0 Å². The van der Waals surface area contributed by atoms with E-state index in [1.54, 1.807) is 0 Å². The summed E-state index contributed by atoms with van der Waals surface area (Å²) in [5.74, 6) is -4.18. The van der Waals surface area contributed by atoms with Crippen LogP contribution in [0.2, 0.25) is 0 Å². The molecule has 0 spiro atoms. The Kier molecular flexibility index (Phi) is 3.74. The normalized spacial score (nSPS) is 19.9. The predicted octanol–water partition coefficient (Wildman–Crippen LogP) is 1.44. The van der Waals surface area contributed by atoms with Crippen molar-refractivity contribution in [2.45, 2.75) is 32.6 Å². The fraction of sp³-hybridized carbons (Fsp3) is 0.818. The van der Waals surface area contributed by atoms with Gasteiger partial charge in [0.05, 0.1) is 13.7 Å². The van der Waals surface area contributed by atoms with Gasteiger partial charge in [-0.15, -0.1) is 0 Å². The molecular formula is C11H17F2NO3. The summed E-state index contributed by atoms with van der Waals surface area (Å²) in [7, 11) is 1.17. The zero-order valence-corrected chi connectivity index (χ0v) is 10.3. The van der Waals surface area contributed by atoms with Gasteiger partial charge in [0.25, 0.3) is 5.92 Å². The van der Waals surface area contributed by atoms with Gasteiger partial charge in [0.1, 0.15) is 5.41 Å². The van der Waals surface area contributed by atoms with Crippen LogP contribution in [0.15, 0.2) is 0 Å². The summed E-state index contributed by atoms with van der Waals surface area (Å²) < 4.78 is 30.9. The van der Waals surface area contributed by atoms with Gasteiger partial charge in [-0.1, -0.05) is 0 Å². The summed E-state index contributed by atoms with van der Waals surface area (Å²) in [5.41, 5.74) is -1.41. The topological polar surface area (TPSA) is 46.6 Å². The van der Waals surface area contributed by atoms with E-state index in [0.717, 1.165) is 4.90 Å². The lowest BCUT2D eigenvalue weighted by Crippen LogP contribution is -2.52. The number of amides is 1. The van der Waals surface area contributed by atoms with Crippen LogP contribution < -0.4 is 0 Å². The van der Waals surface area contributed by atoms with Crippen LogP contribution in [0.3, 0.4) is 0 Å². The van der Waals surface area contributed by atoms with Crippen molar-refractivity contribution >= 4 is 11.9 Å². The molecule has 0 aromatic rings. The van der Waals surface area contributed by atoms with Crippen molar-refractivity contribution in [1.82, 2.24) is 4.90 Å². The average molecular weight is 249 g/mol. The number of halogens is 2. The Labute approximate surface area is 98.9 Å². The number of likely N-dealkylation sites (tertiary alicyclic amines) is 1. The lowest BCUT2D eigenvalue weighted by molar-refractivity contribution is -0.165. The second-order valence-corrected chi connectivity index (χ2v) is 4.80. The van der Waals surface area contributed by atoms with E-state index in [2.05, 4.69) is 4.74 Å². The van der Waals surface area contributed by atoms with Gasteiger partial charge in [-0.05, 0) is 20.3 Å². The molecule has 0 atom stereocenters. The van der Waals surface area contributed by atoms with E-state index in [9.17, 15) is 18.4 Å². The highest BCUT2D eigenvalue weighted by molar-refractivity contribution is 6.01. The summed E-state index contributed by atoms with van der Waals surface area (Å²) in [5, 5.41) is 0. The Morgan fingerprint density at radius 1 is 1.35 bits per heavy atom. The van der Waals surface area contributed by atoms with Gasteiger partial charge in [0.15, 0.2) is 0 Å². The molecule has 1 rings (SSSR count). The van der Waals surface area contributed by atoms with E-state index in [-0.39, 0.29) is 19.4 Å². The summed E-state index contributed by atoms with van der Waals surface area (Å²) in [6, 6.07) is 0. The number of rotatable bonds is 2. The number of piperidine rings is 1. The molecule has 0 aliphatic carbocycles. The minimum Gasteiger partial charge on any atom is -0.468 e. The van der Waals surface area contributed by atoms with Gasteiger partial charge in [0, 0.05) is 13.0 Å². The van der Waals surface area contributed by atoms with Crippen LogP contribution in [0.1, 0.15) is 26.7 Å². The molecule has 6 heteroatoms. The molecule has 1 heterocycles. The SMILES string of the molecule is COC(=O)C(C)(C)C(=O)N1CCCC(F)(F)C1. The van der Waals surface area contributed by atoms with Gasteiger partial charge in [0.2, 0.25) is 5.91 Å². The largest absolute Gasteiger partial charge is 0.468 e. The lowest BCUT2D eigenvalue weighted by Gasteiger charge is -2.36. The molecule has 1 amide bonds. The average Bonchev–Trinajstić information content (AvgIpc) is 2.25. The quantitative estimate of drug-likeness (QED) is 0.549. The third-order valence-corrected chi connectivity index (χ3v) is 2.91. The van der Waals surface area contributed by atoms with Crippen molar-refractivity contribution in [3.63, 3.8) is 0 Å². The van der Waals surface area contributed by atoms with Crippen molar-refractivity contribution in [3.05, 3.63) is 0 Å². The molecule has 1 aliphatic heterocycles. The van der Waals surface area contributed by atoms with Gasteiger partial charge in [-0.2, -0.15) is 0 Å². The maximum atomic E-state index is 13.2. The minimum atomic E-state index is -2.86. The smallest absolute Gasteiger partial charge is 0.320 e. The highest BCUT2D eigenvalue weighted by Gasteiger charge is 2.45. The Hall–Kier alpha value is -1.20. The molecule has 0 bridgehead atoms. The monoisotopic (exact) mass is 249 g/mol. The van der Waals surface area contributed by atoms with Crippen LogP contribution in [0.25, 0.3) is 0 Å². The highest BCUT2D eigenvalue weighted by atomic mass is 19.3. The molecule has 1 fully saturated rings. The number of nitrogens with zero attached hydrogens (tertiary/aromatic N) is 1. The van der Waals surface area contributed by atoms with Gasteiger partial charge < -0.3 is 9.64 Å². The van der Waals surface area contributed by atoms with E-state index < -0.39 is 29.8 Å². The molecule has 0 aromatic heterocycles.